The van der Waals surface area contributed by atoms with E-state index in [1.807, 2.05) is 31.3 Å². The van der Waals surface area contributed by atoms with Crippen molar-refractivity contribution in [1.29, 1.82) is 0 Å². The Labute approximate surface area is 115 Å². The van der Waals surface area contributed by atoms with Crippen molar-refractivity contribution in [2.75, 3.05) is 7.05 Å². The average Bonchev–Trinajstić information content (AvgIpc) is 2.44. The van der Waals surface area contributed by atoms with Gasteiger partial charge in [0.05, 0.1) is 0 Å². The monoisotopic (exact) mass is 255 g/mol. The van der Waals surface area contributed by atoms with Gasteiger partial charge in [0.2, 0.25) is 0 Å². The van der Waals surface area contributed by atoms with Crippen molar-refractivity contribution >= 4 is 0 Å². The smallest absolute Gasteiger partial charge is 0.127 e. The second kappa shape index (κ2) is 6.39. The van der Waals surface area contributed by atoms with Crippen LogP contribution in [-0.4, -0.2) is 7.05 Å². The van der Waals surface area contributed by atoms with E-state index in [9.17, 15) is 0 Å². The predicted molar refractivity (Wildman–Crippen MR) is 79.8 cm³/mol. The summed E-state index contributed by atoms with van der Waals surface area (Å²) in [6.45, 7) is 4.25. The molecule has 0 fully saturated rings. The third kappa shape index (κ3) is 3.58. The van der Waals surface area contributed by atoms with Gasteiger partial charge in [-0.1, -0.05) is 36.8 Å². The molecule has 0 aliphatic heterocycles. The van der Waals surface area contributed by atoms with Crippen LogP contribution < -0.4 is 10.1 Å². The molecule has 0 aliphatic carbocycles. The molecule has 2 aromatic rings. The first-order chi connectivity index (χ1) is 9.22. The van der Waals surface area contributed by atoms with Crippen LogP contribution in [0.5, 0.6) is 11.5 Å². The van der Waals surface area contributed by atoms with E-state index in [1.54, 1.807) is 0 Å². The highest BCUT2D eigenvalue weighted by molar-refractivity contribution is 5.35. The van der Waals surface area contributed by atoms with Crippen LogP contribution in [0.2, 0.25) is 0 Å². The van der Waals surface area contributed by atoms with Crippen LogP contribution in [0.3, 0.4) is 0 Å². The van der Waals surface area contributed by atoms with Gasteiger partial charge in [0.1, 0.15) is 11.5 Å². The van der Waals surface area contributed by atoms with Crippen molar-refractivity contribution < 1.29 is 4.74 Å². The van der Waals surface area contributed by atoms with Gasteiger partial charge in [-0.25, -0.2) is 0 Å². The van der Waals surface area contributed by atoms with Crippen LogP contribution >= 0.6 is 0 Å². The lowest BCUT2D eigenvalue weighted by molar-refractivity contribution is 0.481. The van der Waals surface area contributed by atoms with Crippen LogP contribution in [0.1, 0.15) is 30.5 Å². The molecule has 0 amide bonds. The second-order valence-corrected chi connectivity index (χ2v) is 4.73. The number of ether oxygens (including phenoxy) is 1. The van der Waals surface area contributed by atoms with E-state index in [1.165, 1.54) is 11.1 Å². The van der Waals surface area contributed by atoms with Gasteiger partial charge >= 0.3 is 0 Å². The molecule has 100 valence electrons. The molecule has 0 aromatic heterocycles. The minimum Gasteiger partial charge on any atom is -0.457 e. The Morgan fingerprint density at radius 2 is 1.47 bits per heavy atom. The van der Waals surface area contributed by atoms with Gasteiger partial charge < -0.3 is 10.1 Å². The third-order valence-corrected chi connectivity index (χ3v) is 3.30. The summed E-state index contributed by atoms with van der Waals surface area (Å²) in [7, 11) is 1.99. The van der Waals surface area contributed by atoms with Gasteiger partial charge in [0, 0.05) is 6.04 Å². The first-order valence-electron chi connectivity index (χ1n) is 6.74. The summed E-state index contributed by atoms with van der Waals surface area (Å²) in [6, 6.07) is 16.8. The lowest BCUT2D eigenvalue weighted by Gasteiger charge is -2.14. The molecule has 0 heterocycles. The Kier molecular flexibility index (Phi) is 4.58. The Morgan fingerprint density at radius 3 is 1.95 bits per heavy atom. The third-order valence-electron chi connectivity index (χ3n) is 3.30. The lowest BCUT2D eigenvalue weighted by Crippen LogP contribution is -2.14. The molecule has 2 aromatic carbocycles. The summed E-state index contributed by atoms with van der Waals surface area (Å²) >= 11 is 0. The zero-order chi connectivity index (χ0) is 13.7. The molecule has 1 atom stereocenters. The molecule has 1 unspecified atom stereocenters. The van der Waals surface area contributed by atoms with Crippen LogP contribution in [0, 0.1) is 6.92 Å². The van der Waals surface area contributed by atoms with Crippen LogP contribution in [-0.2, 0) is 0 Å². The largest absolute Gasteiger partial charge is 0.457 e. The maximum absolute atomic E-state index is 5.81. The number of hydrogen-bond donors (Lipinski definition) is 1. The molecular weight excluding hydrogens is 234 g/mol. The lowest BCUT2D eigenvalue weighted by atomic mass is 10.0. The summed E-state index contributed by atoms with van der Waals surface area (Å²) in [5, 5.41) is 3.30. The molecular formula is C17H21NO. The predicted octanol–water partition coefficient (Wildman–Crippen LogP) is 4.46. The van der Waals surface area contributed by atoms with Crippen LogP contribution in [0.4, 0.5) is 0 Å². The summed E-state index contributed by atoms with van der Waals surface area (Å²) in [6.07, 6.45) is 1.08. The van der Waals surface area contributed by atoms with E-state index < -0.39 is 0 Å². The summed E-state index contributed by atoms with van der Waals surface area (Å²) in [4.78, 5) is 0. The molecule has 0 saturated heterocycles. The van der Waals surface area contributed by atoms with Crippen molar-refractivity contribution in [3.63, 3.8) is 0 Å². The van der Waals surface area contributed by atoms with Crippen molar-refractivity contribution in [2.45, 2.75) is 26.3 Å². The molecule has 0 saturated carbocycles. The fraction of sp³-hybridized carbons (Fsp3) is 0.294. The number of rotatable bonds is 5. The van der Waals surface area contributed by atoms with E-state index in [-0.39, 0.29) is 0 Å². The Hall–Kier alpha value is -1.80. The molecule has 2 nitrogen and oxygen atoms in total. The summed E-state index contributed by atoms with van der Waals surface area (Å²) in [5.41, 5.74) is 2.53. The highest BCUT2D eigenvalue weighted by Gasteiger charge is 2.06. The maximum Gasteiger partial charge on any atom is 0.127 e. The van der Waals surface area contributed by atoms with Gasteiger partial charge in [0.15, 0.2) is 0 Å². The Balaban J connectivity index is 2.08. The van der Waals surface area contributed by atoms with Crippen molar-refractivity contribution in [2.24, 2.45) is 0 Å². The molecule has 19 heavy (non-hydrogen) atoms. The van der Waals surface area contributed by atoms with Gasteiger partial charge in [-0.2, -0.15) is 0 Å². The zero-order valence-corrected chi connectivity index (χ0v) is 11.8. The molecule has 0 spiro atoms. The van der Waals surface area contributed by atoms with E-state index in [0.29, 0.717) is 6.04 Å². The average molecular weight is 255 g/mol. The quantitative estimate of drug-likeness (QED) is 0.851. The first kappa shape index (κ1) is 13.6. The van der Waals surface area contributed by atoms with E-state index >= 15 is 0 Å². The van der Waals surface area contributed by atoms with Crippen molar-refractivity contribution in [1.82, 2.24) is 5.32 Å². The Bertz CT molecular complexity index is 498. The Morgan fingerprint density at radius 1 is 0.947 bits per heavy atom. The minimum atomic E-state index is 0.411. The SMILES string of the molecule is CCC(NC)c1ccc(Oc2ccc(C)cc2)cc1. The standard InChI is InChI=1S/C17H21NO/c1-4-17(18-3)14-7-11-16(12-8-14)19-15-9-5-13(2)6-10-15/h5-12,17-18H,4H2,1-3H3. The van der Waals surface area contributed by atoms with Gasteiger partial charge in [-0.05, 0) is 50.2 Å². The van der Waals surface area contributed by atoms with Crippen LogP contribution in [0.25, 0.3) is 0 Å². The van der Waals surface area contributed by atoms with E-state index in [4.69, 9.17) is 4.74 Å². The zero-order valence-electron chi connectivity index (χ0n) is 11.8. The molecule has 0 radical (unpaired) electrons. The summed E-state index contributed by atoms with van der Waals surface area (Å²) < 4.78 is 5.81. The molecule has 2 rings (SSSR count). The number of aryl methyl sites for hydroxylation is 1. The fourth-order valence-corrected chi connectivity index (χ4v) is 2.12. The highest BCUT2D eigenvalue weighted by atomic mass is 16.5. The van der Waals surface area contributed by atoms with Crippen molar-refractivity contribution in [3.05, 3.63) is 59.7 Å². The molecule has 0 bridgehead atoms. The molecule has 1 N–H and O–H groups in total. The van der Waals surface area contributed by atoms with Gasteiger partial charge in [-0.3, -0.25) is 0 Å². The first-order valence-corrected chi connectivity index (χ1v) is 6.74. The van der Waals surface area contributed by atoms with E-state index in [2.05, 4.69) is 43.4 Å². The topological polar surface area (TPSA) is 21.3 Å². The fourth-order valence-electron chi connectivity index (χ4n) is 2.12. The normalized spacial score (nSPS) is 12.2. The van der Waals surface area contributed by atoms with Gasteiger partial charge in [-0.15, -0.1) is 0 Å². The number of benzene rings is 2. The summed E-state index contributed by atoms with van der Waals surface area (Å²) in [5.74, 6) is 1.75. The maximum atomic E-state index is 5.81. The van der Waals surface area contributed by atoms with Gasteiger partial charge in [0.25, 0.3) is 0 Å². The number of hydrogen-bond acceptors (Lipinski definition) is 2. The minimum absolute atomic E-state index is 0.411. The second-order valence-electron chi connectivity index (χ2n) is 4.73. The molecule has 0 aliphatic rings. The van der Waals surface area contributed by atoms with Crippen LogP contribution in [0.15, 0.2) is 48.5 Å². The van der Waals surface area contributed by atoms with E-state index in [0.717, 1.165) is 17.9 Å². The van der Waals surface area contributed by atoms with Crippen molar-refractivity contribution in [3.8, 4) is 11.5 Å². The highest BCUT2D eigenvalue weighted by Crippen LogP contribution is 2.24. The number of nitrogens with one attached hydrogen (secondary N) is 1. The molecule has 2 heteroatoms.